The van der Waals surface area contributed by atoms with Crippen LogP contribution in [0.2, 0.25) is 0 Å². The van der Waals surface area contributed by atoms with Crippen LogP contribution in [0.1, 0.15) is 19.4 Å². The molecular weight excluding hydrogens is 306 g/mol. The minimum Gasteiger partial charge on any atom is -0.507 e. The first-order chi connectivity index (χ1) is 10.4. The summed E-state index contributed by atoms with van der Waals surface area (Å²) in [4.78, 5) is 33.3. The molecule has 0 heterocycles. The topological polar surface area (TPSA) is 97.5 Å². The Hall–Kier alpha value is -2.41. The first-order valence-electron chi connectivity index (χ1n) is 6.40. The van der Waals surface area contributed by atoms with E-state index in [0.717, 1.165) is 11.8 Å². The molecule has 116 valence electrons. The van der Waals surface area contributed by atoms with E-state index in [2.05, 4.69) is 0 Å². The Bertz CT molecular complexity index is 646. The maximum atomic E-state index is 11.8. The van der Waals surface area contributed by atoms with E-state index in [-0.39, 0.29) is 11.3 Å². The number of carbonyl (C=O) groups excluding carboxylic acids is 2. The SMILES string of the molecule is CCSC(=O)/C(C(C)=O)=C(O)\C=C\c1ccc([N+](=O)[O-])cc1. The second-order valence-corrected chi connectivity index (χ2v) is 5.46. The maximum Gasteiger partial charge on any atom is 0.269 e. The minimum absolute atomic E-state index is 0.0455. The molecule has 6 nitrogen and oxygen atoms in total. The molecule has 0 saturated carbocycles. The van der Waals surface area contributed by atoms with Crippen molar-refractivity contribution in [2.45, 2.75) is 13.8 Å². The van der Waals surface area contributed by atoms with Crippen molar-refractivity contribution in [2.24, 2.45) is 0 Å². The summed E-state index contributed by atoms with van der Waals surface area (Å²) in [5, 5.41) is 20.0. The fraction of sp³-hybridized carbons (Fsp3) is 0.200. The normalized spacial score (nSPS) is 12.1. The van der Waals surface area contributed by atoms with Gasteiger partial charge in [0.05, 0.1) is 4.92 Å². The van der Waals surface area contributed by atoms with Crippen molar-refractivity contribution < 1.29 is 19.6 Å². The molecule has 7 heteroatoms. The van der Waals surface area contributed by atoms with Crippen molar-refractivity contribution in [1.82, 2.24) is 0 Å². The van der Waals surface area contributed by atoms with Crippen LogP contribution in [0.15, 0.2) is 41.7 Å². The molecule has 1 rings (SSSR count). The quantitative estimate of drug-likeness (QED) is 0.164. The zero-order valence-corrected chi connectivity index (χ0v) is 12.9. The molecule has 1 aromatic carbocycles. The third-order valence-corrected chi connectivity index (χ3v) is 3.38. The van der Waals surface area contributed by atoms with Crippen LogP contribution in [-0.2, 0) is 9.59 Å². The Balaban J connectivity index is 3.02. The first kappa shape index (κ1) is 17.6. The largest absolute Gasteiger partial charge is 0.507 e. The van der Waals surface area contributed by atoms with Gasteiger partial charge in [0.15, 0.2) is 5.78 Å². The summed E-state index contributed by atoms with van der Waals surface area (Å²) in [6.45, 7) is 2.98. The van der Waals surface area contributed by atoms with E-state index >= 15 is 0 Å². The number of non-ortho nitro benzene ring substituents is 1. The van der Waals surface area contributed by atoms with E-state index in [4.69, 9.17) is 0 Å². The predicted molar refractivity (Wildman–Crippen MR) is 85.6 cm³/mol. The van der Waals surface area contributed by atoms with Gasteiger partial charge in [-0.25, -0.2) is 0 Å². The number of rotatable bonds is 6. The van der Waals surface area contributed by atoms with Crippen LogP contribution >= 0.6 is 11.8 Å². The molecule has 0 spiro atoms. The third kappa shape index (κ3) is 4.85. The van der Waals surface area contributed by atoms with Crippen LogP contribution in [0.3, 0.4) is 0 Å². The average molecular weight is 321 g/mol. The molecule has 22 heavy (non-hydrogen) atoms. The lowest BCUT2D eigenvalue weighted by molar-refractivity contribution is -0.384. The molecule has 0 aliphatic carbocycles. The van der Waals surface area contributed by atoms with Gasteiger partial charge in [-0.1, -0.05) is 24.8 Å². The summed E-state index contributed by atoms with van der Waals surface area (Å²) in [5.74, 6) is -0.441. The summed E-state index contributed by atoms with van der Waals surface area (Å²) in [6.07, 6.45) is 2.69. The Morgan fingerprint density at radius 3 is 2.36 bits per heavy atom. The molecular formula is C15H15NO5S. The van der Waals surface area contributed by atoms with Gasteiger partial charge in [0.1, 0.15) is 11.3 Å². The minimum atomic E-state index is -0.517. The molecule has 0 amide bonds. The Morgan fingerprint density at radius 2 is 1.91 bits per heavy atom. The van der Waals surface area contributed by atoms with Crippen molar-refractivity contribution in [3.8, 4) is 0 Å². The zero-order chi connectivity index (χ0) is 16.7. The molecule has 0 saturated heterocycles. The molecule has 0 radical (unpaired) electrons. The number of hydrogen-bond donors (Lipinski definition) is 1. The van der Waals surface area contributed by atoms with Crippen LogP contribution < -0.4 is 0 Å². The number of nitro benzene ring substituents is 1. The molecule has 0 aliphatic rings. The molecule has 0 fully saturated rings. The number of Topliss-reactive ketones (excluding diaryl/α,β-unsaturated/α-hetero) is 1. The van der Waals surface area contributed by atoms with Crippen molar-refractivity contribution >= 4 is 34.4 Å². The molecule has 0 unspecified atom stereocenters. The number of nitrogens with zero attached hydrogens (tertiary/aromatic N) is 1. The smallest absolute Gasteiger partial charge is 0.269 e. The highest BCUT2D eigenvalue weighted by Gasteiger charge is 2.18. The molecule has 0 aromatic heterocycles. The second kappa shape index (κ2) is 8.14. The average Bonchev–Trinajstić information content (AvgIpc) is 2.45. The first-order valence-corrected chi connectivity index (χ1v) is 7.39. The van der Waals surface area contributed by atoms with Gasteiger partial charge >= 0.3 is 0 Å². The number of ketones is 1. The lowest BCUT2D eigenvalue weighted by Crippen LogP contribution is -2.09. The van der Waals surface area contributed by atoms with E-state index in [1.54, 1.807) is 6.92 Å². The van der Waals surface area contributed by atoms with E-state index in [0.29, 0.717) is 11.3 Å². The third-order valence-electron chi connectivity index (χ3n) is 2.63. The second-order valence-electron chi connectivity index (χ2n) is 4.22. The molecule has 1 aromatic rings. The Morgan fingerprint density at radius 1 is 1.32 bits per heavy atom. The Labute approximate surface area is 131 Å². The molecule has 0 atom stereocenters. The van der Waals surface area contributed by atoms with Gasteiger partial charge in [0, 0.05) is 12.1 Å². The number of allylic oxidation sites excluding steroid dienone is 1. The molecule has 0 aliphatic heterocycles. The number of benzene rings is 1. The fourth-order valence-corrected chi connectivity index (χ4v) is 2.25. The highest BCUT2D eigenvalue weighted by atomic mass is 32.2. The van der Waals surface area contributed by atoms with Gasteiger partial charge < -0.3 is 5.11 Å². The number of nitro groups is 1. The van der Waals surface area contributed by atoms with Gasteiger partial charge in [0.25, 0.3) is 5.69 Å². The number of carbonyl (C=O) groups is 2. The predicted octanol–water partition coefficient (Wildman–Crippen LogP) is 3.29. The van der Waals surface area contributed by atoms with Gasteiger partial charge in [-0.15, -0.1) is 0 Å². The van der Waals surface area contributed by atoms with E-state index in [9.17, 15) is 24.8 Å². The van der Waals surface area contributed by atoms with Crippen molar-refractivity contribution in [3.05, 3.63) is 57.4 Å². The summed E-state index contributed by atoms with van der Waals surface area (Å²) < 4.78 is 0. The summed E-state index contributed by atoms with van der Waals surface area (Å²) >= 11 is 0.936. The standard InChI is InChI=1S/C15H15NO5S/c1-3-22-15(19)14(10(2)17)13(18)9-6-11-4-7-12(8-5-11)16(20)21/h4-9,18H,3H2,1-2H3/b9-6+,14-13+. The Kier molecular flexibility index (Phi) is 6.52. The van der Waals surface area contributed by atoms with Crippen LogP contribution in [0, 0.1) is 10.1 Å². The van der Waals surface area contributed by atoms with E-state index in [1.165, 1.54) is 43.3 Å². The zero-order valence-electron chi connectivity index (χ0n) is 12.1. The van der Waals surface area contributed by atoms with E-state index in [1.807, 2.05) is 0 Å². The monoisotopic (exact) mass is 321 g/mol. The maximum absolute atomic E-state index is 11.8. The van der Waals surface area contributed by atoms with E-state index < -0.39 is 21.6 Å². The van der Waals surface area contributed by atoms with Crippen LogP contribution in [0.4, 0.5) is 5.69 Å². The number of hydrogen-bond acceptors (Lipinski definition) is 6. The van der Waals surface area contributed by atoms with Crippen molar-refractivity contribution in [3.63, 3.8) is 0 Å². The number of aliphatic hydroxyl groups is 1. The van der Waals surface area contributed by atoms with Gasteiger partial charge in [0.2, 0.25) is 5.12 Å². The number of thioether (sulfide) groups is 1. The van der Waals surface area contributed by atoms with Gasteiger partial charge in [-0.05, 0) is 36.4 Å². The summed E-state index contributed by atoms with van der Waals surface area (Å²) in [7, 11) is 0. The molecule has 1 N–H and O–H groups in total. The highest BCUT2D eigenvalue weighted by Crippen LogP contribution is 2.17. The fourth-order valence-electron chi connectivity index (χ4n) is 1.60. The van der Waals surface area contributed by atoms with Crippen LogP contribution in [0.25, 0.3) is 6.08 Å². The summed E-state index contributed by atoms with van der Waals surface area (Å²) in [5.41, 5.74) is 0.288. The lowest BCUT2D eigenvalue weighted by atomic mass is 10.1. The molecule has 0 bridgehead atoms. The van der Waals surface area contributed by atoms with Crippen molar-refractivity contribution in [1.29, 1.82) is 0 Å². The van der Waals surface area contributed by atoms with Crippen molar-refractivity contribution in [2.75, 3.05) is 5.75 Å². The summed E-state index contributed by atoms with van der Waals surface area (Å²) in [6, 6.07) is 5.64. The van der Waals surface area contributed by atoms with Gasteiger partial charge in [-0.2, -0.15) is 0 Å². The van der Waals surface area contributed by atoms with Crippen LogP contribution in [0.5, 0.6) is 0 Å². The highest BCUT2D eigenvalue weighted by molar-refractivity contribution is 8.14. The van der Waals surface area contributed by atoms with Gasteiger partial charge in [-0.3, -0.25) is 19.7 Å². The lowest BCUT2D eigenvalue weighted by Gasteiger charge is -2.03. The number of aliphatic hydroxyl groups excluding tert-OH is 1. The van der Waals surface area contributed by atoms with Crippen LogP contribution in [-0.4, -0.2) is 26.7 Å².